The smallest absolute Gasteiger partial charge is 0.1000 e. The molecular weight excluding hydrogens is 192 g/mol. The zero-order valence-electron chi connectivity index (χ0n) is 8.97. The molecule has 1 aromatic heterocycles. The van der Waals surface area contributed by atoms with Crippen LogP contribution in [0.3, 0.4) is 0 Å². The van der Waals surface area contributed by atoms with Gasteiger partial charge in [0.2, 0.25) is 0 Å². The molecule has 1 aliphatic carbocycles. The van der Waals surface area contributed by atoms with Crippen LogP contribution in [0.4, 0.5) is 0 Å². The Bertz CT molecular complexity index is 305. The number of thiazole rings is 1. The summed E-state index contributed by atoms with van der Waals surface area (Å²) in [7, 11) is 0. The van der Waals surface area contributed by atoms with E-state index in [1.165, 1.54) is 41.3 Å². The van der Waals surface area contributed by atoms with E-state index in [1.807, 2.05) is 11.3 Å². The molecule has 0 bridgehead atoms. The van der Waals surface area contributed by atoms with Crippen LogP contribution in [-0.2, 0) is 18.3 Å². The van der Waals surface area contributed by atoms with Crippen molar-refractivity contribution in [1.29, 1.82) is 0 Å². The van der Waals surface area contributed by atoms with Crippen LogP contribution in [0.2, 0.25) is 0 Å². The minimum atomic E-state index is 0.0575. The summed E-state index contributed by atoms with van der Waals surface area (Å²) in [6.45, 7) is 5.04. The van der Waals surface area contributed by atoms with Crippen LogP contribution in [0.25, 0.3) is 0 Å². The van der Waals surface area contributed by atoms with Crippen molar-refractivity contribution in [2.45, 2.75) is 44.9 Å². The molecule has 0 unspecified atom stereocenters. The van der Waals surface area contributed by atoms with Gasteiger partial charge in [-0.15, -0.1) is 11.3 Å². The molecule has 2 N–H and O–H groups in total. The molecule has 1 aliphatic rings. The molecule has 1 aromatic rings. The fourth-order valence-corrected chi connectivity index (χ4v) is 2.99. The SMILES string of the molecule is CC(C)(CN)c1nc2c(s1)CCCC2. The Hall–Kier alpha value is -0.410. The minimum Gasteiger partial charge on any atom is -0.330 e. The molecule has 0 aliphatic heterocycles. The molecule has 0 atom stereocenters. The van der Waals surface area contributed by atoms with Crippen LogP contribution < -0.4 is 5.73 Å². The average molecular weight is 210 g/mol. The molecular formula is C11H18N2S. The van der Waals surface area contributed by atoms with Crippen molar-refractivity contribution >= 4 is 11.3 Å². The summed E-state index contributed by atoms with van der Waals surface area (Å²) in [6.07, 6.45) is 5.04. The van der Waals surface area contributed by atoms with E-state index >= 15 is 0 Å². The van der Waals surface area contributed by atoms with Gasteiger partial charge in [-0.2, -0.15) is 0 Å². The highest BCUT2D eigenvalue weighted by Gasteiger charge is 2.25. The maximum Gasteiger partial charge on any atom is 0.1000 e. The third-order valence-electron chi connectivity index (χ3n) is 2.93. The first-order valence-electron chi connectivity index (χ1n) is 5.32. The van der Waals surface area contributed by atoms with E-state index in [9.17, 15) is 0 Å². The number of nitrogens with two attached hydrogens (primary N) is 1. The van der Waals surface area contributed by atoms with Gasteiger partial charge in [-0.1, -0.05) is 13.8 Å². The Kier molecular flexibility index (Phi) is 2.62. The van der Waals surface area contributed by atoms with Crippen LogP contribution in [0, 0.1) is 0 Å². The number of fused-ring (bicyclic) bond motifs is 1. The summed E-state index contributed by atoms with van der Waals surface area (Å²) in [6, 6.07) is 0. The summed E-state index contributed by atoms with van der Waals surface area (Å²) in [5.41, 5.74) is 7.17. The zero-order valence-corrected chi connectivity index (χ0v) is 9.78. The van der Waals surface area contributed by atoms with Crippen molar-refractivity contribution in [2.24, 2.45) is 5.73 Å². The molecule has 0 spiro atoms. The van der Waals surface area contributed by atoms with Crippen molar-refractivity contribution in [1.82, 2.24) is 4.98 Å². The standard InChI is InChI=1S/C11H18N2S/c1-11(2,7-12)10-13-8-5-3-4-6-9(8)14-10/h3-7,12H2,1-2H3. The van der Waals surface area contributed by atoms with Gasteiger partial charge >= 0.3 is 0 Å². The number of hydrogen-bond acceptors (Lipinski definition) is 3. The largest absolute Gasteiger partial charge is 0.330 e. The Balaban J connectivity index is 2.32. The van der Waals surface area contributed by atoms with E-state index in [0.29, 0.717) is 6.54 Å². The molecule has 0 radical (unpaired) electrons. The van der Waals surface area contributed by atoms with E-state index in [2.05, 4.69) is 13.8 Å². The summed E-state index contributed by atoms with van der Waals surface area (Å²) < 4.78 is 0. The molecule has 0 saturated heterocycles. The second kappa shape index (κ2) is 3.63. The lowest BCUT2D eigenvalue weighted by atomic mass is 9.95. The van der Waals surface area contributed by atoms with Crippen molar-refractivity contribution < 1.29 is 0 Å². The van der Waals surface area contributed by atoms with Gasteiger partial charge in [-0.3, -0.25) is 0 Å². The third kappa shape index (κ3) is 1.71. The number of hydrogen-bond donors (Lipinski definition) is 1. The minimum absolute atomic E-state index is 0.0575. The molecule has 0 aromatic carbocycles. The number of rotatable bonds is 2. The maximum atomic E-state index is 5.76. The Morgan fingerprint density at radius 2 is 2.07 bits per heavy atom. The van der Waals surface area contributed by atoms with E-state index in [-0.39, 0.29) is 5.41 Å². The highest BCUT2D eigenvalue weighted by molar-refractivity contribution is 7.11. The summed E-state index contributed by atoms with van der Waals surface area (Å²) >= 11 is 1.88. The molecule has 78 valence electrons. The number of nitrogens with zero attached hydrogens (tertiary/aromatic N) is 1. The van der Waals surface area contributed by atoms with Gasteiger partial charge in [0, 0.05) is 16.8 Å². The van der Waals surface area contributed by atoms with Gasteiger partial charge in [-0.05, 0) is 25.7 Å². The van der Waals surface area contributed by atoms with Gasteiger partial charge < -0.3 is 5.73 Å². The molecule has 3 heteroatoms. The molecule has 1 heterocycles. The Morgan fingerprint density at radius 3 is 2.71 bits per heavy atom. The van der Waals surface area contributed by atoms with Crippen molar-refractivity contribution in [3.05, 3.63) is 15.6 Å². The summed E-state index contributed by atoms with van der Waals surface area (Å²) in [5.74, 6) is 0. The molecule has 2 nitrogen and oxygen atoms in total. The molecule has 0 saturated carbocycles. The quantitative estimate of drug-likeness (QED) is 0.813. The normalized spacial score (nSPS) is 16.8. The first-order chi connectivity index (χ1) is 6.63. The van der Waals surface area contributed by atoms with Gasteiger partial charge in [0.1, 0.15) is 0 Å². The number of aromatic nitrogens is 1. The summed E-state index contributed by atoms with van der Waals surface area (Å²) in [5, 5.41) is 1.23. The van der Waals surface area contributed by atoms with Crippen molar-refractivity contribution in [2.75, 3.05) is 6.54 Å². The van der Waals surface area contributed by atoms with Crippen molar-refractivity contribution in [3.63, 3.8) is 0 Å². The zero-order chi connectivity index (χ0) is 10.2. The van der Waals surface area contributed by atoms with Crippen LogP contribution in [0.15, 0.2) is 0 Å². The first-order valence-corrected chi connectivity index (χ1v) is 6.14. The second-order valence-electron chi connectivity index (χ2n) is 4.68. The predicted octanol–water partition coefficient (Wildman–Crippen LogP) is 2.26. The van der Waals surface area contributed by atoms with Gasteiger partial charge in [-0.25, -0.2) is 4.98 Å². The van der Waals surface area contributed by atoms with Crippen LogP contribution in [0.1, 0.15) is 42.3 Å². The van der Waals surface area contributed by atoms with Crippen LogP contribution in [-0.4, -0.2) is 11.5 Å². The topological polar surface area (TPSA) is 38.9 Å². The lowest BCUT2D eigenvalue weighted by Gasteiger charge is -2.18. The van der Waals surface area contributed by atoms with E-state index < -0.39 is 0 Å². The highest BCUT2D eigenvalue weighted by Crippen LogP contribution is 2.32. The monoisotopic (exact) mass is 210 g/mol. The van der Waals surface area contributed by atoms with E-state index in [1.54, 1.807) is 0 Å². The fraction of sp³-hybridized carbons (Fsp3) is 0.727. The highest BCUT2D eigenvalue weighted by atomic mass is 32.1. The average Bonchev–Trinajstić information content (AvgIpc) is 2.61. The second-order valence-corrected chi connectivity index (χ2v) is 5.77. The number of aryl methyl sites for hydroxylation is 2. The van der Waals surface area contributed by atoms with Crippen LogP contribution >= 0.6 is 11.3 Å². The van der Waals surface area contributed by atoms with E-state index in [4.69, 9.17) is 10.7 Å². The Morgan fingerprint density at radius 1 is 1.36 bits per heavy atom. The molecule has 0 amide bonds. The molecule has 14 heavy (non-hydrogen) atoms. The predicted molar refractivity (Wildman–Crippen MR) is 60.8 cm³/mol. The molecule has 2 rings (SSSR count). The van der Waals surface area contributed by atoms with Gasteiger partial charge in [0.15, 0.2) is 0 Å². The maximum absolute atomic E-state index is 5.76. The third-order valence-corrected chi connectivity index (χ3v) is 4.46. The van der Waals surface area contributed by atoms with E-state index in [0.717, 1.165) is 0 Å². The lowest BCUT2D eigenvalue weighted by molar-refractivity contribution is 0.532. The van der Waals surface area contributed by atoms with Gasteiger partial charge in [0.05, 0.1) is 10.7 Å². The van der Waals surface area contributed by atoms with Crippen molar-refractivity contribution in [3.8, 4) is 0 Å². The lowest BCUT2D eigenvalue weighted by Crippen LogP contribution is -2.27. The first kappa shape index (κ1) is 10.1. The molecule has 0 fully saturated rings. The van der Waals surface area contributed by atoms with Gasteiger partial charge in [0.25, 0.3) is 0 Å². The summed E-state index contributed by atoms with van der Waals surface area (Å²) in [4.78, 5) is 6.24. The Labute approximate surface area is 89.5 Å². The van der Waals surface area contributed by atoms with Crippen LogP contribution in [0.5, 0.6) is 0 Å². The fourth-order valence-electron chi connectivity index (χ4n) is 1.73.